The van der Waals surface area contributed by atoms with Crippen LogP contribution in [-0.2, 0) is 11.3 Å². The zero-order valence-electron chi connectivity index (χ0n) is 12.8. The predicted octanol–water partition coefficient (Wildman–Crippen LogP) is 3.39. The molecular weight excluding hydrogens is 268 g/mol. The van der Waals surface area contributed by atoms with Crippen molar-refractivity contribution >= 4 is 17.2 Å². The second-order valence-electron chi connectivity index (χ2n) is 7.06. The molecule has 1 heterocycles. The summed E-state index contributed by atoms with van der Waals surface area (Å²) >= 11 is 1.72. The van der Waals surface area contributed by atoms with Crippen molar-refractivity contribution < 1.29 is 4.79 Å². The quantitative estimate of drug-likeness (QED) is 0.874. The Morgan fingerprint density at radius 2 is 2.20 bits per heavy atom. The van der Waals surface area contributed by atoms with Gasteiger partial charge in [0.25, 0.3) is 0 Å². The highest BCUT2D eigenvalue weighted by Crippen LogP contribution is 2.30. The van der Waals surface area contributed by atoms with Crippen LogP contribution in [0.4, 0.5) is 0 Å². The van der Waals surface area contributed by atoms with Gasteiger partial charge in [0.1, 0.15) is 0 Å². The molecule has 3 nitrogen and oxygen atoms in total. The molecule has 0 aliphatic heterocycles. The molecule has 0 radical (unpaired) electrons. The fraction of sp³-hybridized carbons (Fsp3) is 0.688. The molecule has 1 aromatic rings. The van der Waals surface area contributed by atoms with Crippen molar-refractivity contribution in [2.45, 2.75) is 65.1 Å². The van der Waals surface area contributed by atoms with Gasteiger partial charge >= 0.3 is 0 Å². The molecule has 4 heteroatoms. The van der Waals surface area contributed by atoms with E-state index in [1.807, 2.05) is 11.0 Å². The van der Waals surface area contributed by atoms with E-state index in [1.165, 1.54) is 4.88 Å². The molecule has 0 spiro atoms. The van der Waals surface area contributed by atoms with Gasteiger partial charge in [-0.05, 0) is 36.1 Å². The van der Waals surface area contributed by atoms with Gasteiger partial charge in [0, 0.05) is 23.4 Å². The zero-order chi connectivity index (χ0) is 14.8. The van der Waals surface area contributed by atoms with E-state index in [1.54, 1.807) is 11.3 Å². The summed E-state index contributed by atoms with van der Waals surface area (Å²) in [5.74, 6) is 0.220. The minimum atomic E-state index is -0.0351. The van der Waals surface area contributed by atoms with Gasteiger partial charge in [0.05, 0.1) is 6.54 Å². The molecule has 2 rings (SSSR count). The van der Waals surface area contributed by atoms with Gasteiger partial charge in [0.15, 0.2) is 0 Å². The number of nitrogens with zero attached hydrogens (tertiary/aromatic N) is 1. The lowest BCUT2D eigenvalue weighted by molar-refractivity contribution is -0.132. The summed E-state index contributed by atoms with van der Waals surface area (Å²) in [5.41, 5.74) is 6.33. The smallest absolute Gasteiger partial charge is 0.224 e. The lowest BCUT2D eigenvalue weighted by Gasteiger charge is -2.26. The van der Waals surface area contributed by atoms with Gasteiger partial charge in [0.2, 0.25) is 5.91 Å². The highest BCUT2D eigenvalue weighted by molar-refractivity contribution is 7.09. The number of rotatable bonds is 6. The molecule has 1 aromatic heterocycles. The van der Waals surface area contributed by atoms with E-state index in [0.717, 1.165) is 25.8 Å². The monoisotopic (exact) mass is 294 g/mol. The Kier molecular flexibility index (Phi) is 4.86. The summed E-state index contributed by atoms with van der Waals surface area (Å²) in [4.78, 5) is 15.8. The summed E-state index contributed by atoms with van der Waals surface area (Å²) in [7, 11) is 0. The second kappa shape index (κ2) is 6.27. The first-order valence-electron chi connectivity index (χ1n) is 7.42. The minimum Gasteiger partial charge on any atom is -0.335 e. The largest absolute Gasteiger partial charge is 0.335 e. The van der Waals surface area contributed by atoms with Crippen molar-refractivity contribution in [3.8, 4) is 0 Å². The number of thiophene rings is 1. The van der Waals surface area contributed by atoms with E-state index >= 15 is 0 Å². The third kappa shape index (κ3) is 4.91. The number of hydrogen-bond acceptors (Lipinski definition) is 3. The lowest BCUT2D eigenvalue weighted by atomic mass is 9.87. The Hall–Kier alpha value is -0.870. The highest BCUT2D eigenvalue weighted by atomic mass is 32.1. The van der Waals surface area contributed by atoms with Crippen molar-refractivity contribution in [3.63, 3.8) is 0 Å². The Morgan fingerprint density at radius 1 is 1.50 bits per heavy atom. The summed E-state index contributed by atoms with van der Waals surface area (Å²) in [5, 5.41) is 2.07. The van der Waals surface area contributed by atoms with E-state index in [2.05, 4.69) is 32.2 Å². The number of hydrogen-bond donors (Lipinski definition) is 1. The second-order valence-corrected chi connectivity index (χ2v) is 8.09. The fourth-order valence-corrected chi connectivity index (χ4v) is 3.28. The van der Waals surface area contributed by atoms with E-state index in [4.69, 9.17) is 5.73 Å². The number of nitrogens with two attached hydrogens (primary N) is 1. The van der Waals surface area contributed by atoms with Crippen LogP contribution in [0.2, 0.25) is 0 Å². The van der Waals surface area contributed by atoms with Crippen LogP contribution in [0.25, 0.3) is 0 Å². The Bertz CT molecular complexity index is 432. The normalized spacial score (nSPS) is 17.0. The van der Waals surface area contributed by atoms with Gasteiger partial charge in [-0.25, -0.2) is 0 Å². The predicted molar refractivity (Wildman–Crippen MR) is 84.6 cm³/mol. The van der Waals surface area contributed by atoms with Crippen LogP contribution in [0, 0.1) is 5.41 Å². The first-order chi connectivity index (χ1) is 9.35. The van der Waals surface area contributed by atoms with Crippen LogP contribution < -0.4 is 5.73 Å². The third-order valence-corrected chi connectivity index (χ3v) is 4.39. The average molecular weight is 294 g/mol. The molecule has 0 saturated heterocycles. The van der Waals surface area contributed by atoms with Crippen molar-refractivity contribution in [1.82, 2.24) is 4.90 Å². The van der Waals surface area contributed by atoms with Crippen LogP contribution in [0.3, 0.4) is 0 Å². The van der Waals surface area contributed by atoms with E-state index in [-0.39, 0.29) is 17.4 Å². The Morgan fingerprint density at radius 3 is 2.70 bits per heavy atom. The summed E-state index contributed by atoms with van der Waals surface area (Å²) in [6.45, 7) is 7.26. The van der Waals surface area contributed by atoms with Gasteiger partial charge in [-0.2, -0.15) is 0 Å². The molecule has 0 aromatic carbocycles. The molecular formula is C16H26N2OS. The molecule has 1 saturated carbocycles. The summed E-state index contributed by atoms with van der Waals surface area (Å²) < 4.78 is 0. The molecule has 1 unspecified atom stereocenters. The Labute approximate surface area is 126 Å². The van der Waals surface area contributed by atoms with Gasteiger partial charge in [-0.1, -0.05) is 26.8 Å². The maximum Gasteiger partial charge on any atom is 0.224 e. The van der Waals surface area contributed by atoms with Crippen molar-refractivity contribution in [1.29, 1.82) is 0 Å². The SMILES string of the molecule is CC(C)(C)CC(N)CC(=O)N(Cc1cccs1)C1CC1. The van der Waals surface area contributed by atoms with E-state index in [0.29, 0.717) is 12.5 Å². The molecule has 0 bridgehead atoms. The van der Waals surface area contributed by atoms with Crippen molar-refractivity contribution in [2.24, 2.45) is 11.1 Å². The number of amides is 1. The molecule has 20 heavy (non-hydrogen) atoms. The van der Waals surface area contributed by atoms with Crippen LogP contribution in [0.15, 0.2) is 17.5 Å². The van der Waals surface area contributed by atoms with Crippen molar-refractivity contribution in [2.75, 3.05) is 0 Å². The first-order valence-corrected chi connectivity index (χ1v) is 8.30. The van der Waals surface area contributed by atoms with Crippen molar-refractivity contribution in [3.05, 3.63) is 22.4 Å². The van der Waals surface area contributed by atoms with Gasteiger partial charge < -0.3 is 10.6 Å². The lowest BCUT2D eigenvalue weighted by Crippen LogP contribution is -2.38. The molecule has 1 atom stereocenters. The molecule has 1 amide bonds. The minimum absolute atomic E-state index is 0.0351. The molecule has 1 fully saturated rings. The topological polar surface area (TPSA) is 46.3 Å². The highest BCUT2D eigenvalue weighted by Gasteiger charge is 2.33. The molecule has 1 aliphatic rings. The van der Waals surface area contributed by atoms with Crippen LogP contribution in [0.5, 0.6) is 0 Å². The van der Waals surface area contributed by atoms with Gasteiger partial charge in [-0.3, -0.25) is 4.79 Å². The van der Waals surface area contributed by atoms with Crippen LogP contribution >= 0.6 is 11.3 Å². The summed E-state index contributed by atoms with van der Waals surface area (Å²) in [6.07, 6.45) is 3.65. The zero-order valence-corrected chi connectivity index (χ0v) is 13.6. The maximum absolute atomic E-state index is 12.5. The van der Waals surface area contributed by atoms with E-state index in [9.17, 15) is 4.79 Å². The Balaban J connectivity index is 1.90. The van der Waals surface area contributed by atoms with E-state index < -0.39 is 0 Å². The number of carbonyl (C=O) groups is 1. The standard InChI is InChI=1S/C16H26N2OS/c1-16(2,3)10-12(17)9-15(19)18(13-6-7-13)11-14-5-4-8-20-14/h4-5,8,12-13H,6-7,9-11,17H2,1-3H3. The molecule has 112 valence electrons. The van der Waals surface area contributed by atoms with Crippen LogP contribution in [-0.4, -0.2) is 22.9 Å². The number of carbonyl (C=O) groups excluding carboxylic acids is 1. The summed E-state index contributed by atoms with van der Waals surface area (Å²) in [6, 6.07) is 4.56. The first kappa shape index (κ1) is 15.5. The average Bonchev–Trinajstić information content (AvgIpc) is 3.00. The van der Waals surface area contributed by atoms with Gasteiger partial charge in [-0.15, -0.1) is 11.3 Å². The maximum atomic E-state index is 12.5. The molecule has 2 N–H and O–H groups in total. The van der Waals surface area contributed by atoms with Crippen LogP contribution in [0.1, 0.15) is 51.3 Å². The third-order valence-electron chi connectivity index (χ3n) is 3.53. The molecule has 1 aliphatic carbocycles. The fourth-order valence-electron chi connectivity index (χ4n) is 2.58.